The first-order valence-corrected chi connectivity index (χ1v) is 4.76. The Hall–Kier alpha value is -1.42. The third kappa shape index (κ3) is 2.09. The van der Waals surface area contributed by atoms with E-state index < -0.39 is 0 Å². The number of hydrogen-bond donors (Lipinski definition) is 2. The number of rotatable bonds is 3. The quantitative estimate of drug-likeness (QED) is 0.745. The van der Waals surface area contributed by atoms with E-state index in [1.165, 1.54) is 0 Å². The minimum absolute atomic E-state index is 0.0756. The highest BCUT2D eigenvalue weighted by molar-refractivity contribution is 5.93. The smallest absolute Gasteiger partial charge is 0.228 e. The average molecular weight is 191 g/mol. The van der Waals surface area contributed by atoms with Crippen LogP contribution in [0.15, 0.2) is 18.2 Å². The molecule has 1 amide bonds. The molecule has 1 aliphatic rings. The number of nitrogens with one attached hydrogen (secondary N) is 1. The Labute approximate surface area is 82.5 Å². The first kappa shape index (κ1) is 9.15. The predicted molar refractivity (Wildman–Crippen MR) is 53.5 cm³/mol. The van der Waals surface area contributed by atoms with Gasteiger partial charge in [-0.3, -0.25) is 4.79 Å². The highest BCUT2D eigenvalue weighted by atomic mass is 16.2. The van der Waals surface area contributed by atoms with E-state index in [0.717, 1.165) is 18.5 Å². The Bertz CT molecular complexity index is 347. The largest absolute Gasteiger partial charge is 0.325 e. The van der Waals surface area contributed by atoms with Gasteiger partial charge in [-0.1, -0.05) is 6.07 Å². The molecule has 0 bridgehead atoms. The monoisotopic (exact) mass is 191 g/mol. The summed E-state index contributed by atoms with van der Waals surface area (Å²) < 4.78 is 0. The summed E-state index contributed by atoms with van der Waals surface area (Å²) in [6.07, 6.45) is 2.00. The van der Waals surface area contributed by atoms with E-state index in [1.54, 1.807) is 6.07 Å². The van der Waals surface area contributed by atoms with Crippen LogP contribution in [0.25, 0.3) is 0 Å². The summed E-state index contributed by atoms with van der Waals surface area (Å²) in [5.74, 6) is 0.884. The van der Waals surface area contributed by atoms with Gasteiger partial charge in [0.2, 0.25) is 5.91 Å². The van der Waals surface area contributed by atoms with E-state index >= 15 is 0 Å². The number of pyridine rings is 1. The minimum atomic E-state index is 0.0756. The fourth-order valence-corrected chi connectivity index (χ4v) is 1.24. The van der Waals surface area contributed by atoms with Gasteiger partial charge in [0, 0.05) is 12.5 Å². The first-order valence-electron chi connectivity index (χ1n) is 4.76. The van der Waals surface area contributed by atoms with E-state index in [1.807, 2.05) is 12.1 Å². The molecular weight excluding hydrogens is 178 g/mol. The molecule has 0 atom stereocenters. The number of anilines is 1. The standard InChI is InChI=1S/C10H13N3O/c11-6-8-2-1-3-9(12-8)13-10(14)7-4-5-7/h1-3,7H,4-6,11H2,(H,12,13,14). The maximum Gasteiger partial charge on any atom is 0.228 e. The molecule has 1 aromatic rings. The molecule has 0 radical (unpaired) electrons. The molecule has 4 heteroatoms. The molecule has 74 valence electrons. The Balaban J connectivity index is 2.04. The number of nitrogens with zero attached hydrogens (tertiary/aromatic N) is 1. The van der Waals surface area contributed by atoms with Gasteiger partial charge >= 0.3 is 0 Å². The second kappa shape index (κ2) is 3.75. The van der Waals surface area contributed by atoms with Crippen molar-refractivity contribution in [2.24, 2.45) is 11.7 Å². The molecule has 0 unspecified atom stereocenters. The molecule has 1 saturated carbocycles. The lowest BCUT2D eigenvalue weighted by molar-refractivity contribution is -0.117. The fraction of sp³-hybridized carbons (Fsp3) is 0.400. The molecule has 1 aliphatic carbocycles. The number of hydrogen-bond acceptors (Lipinski definition) is 3. The highest BCUT2D eigenvalue weighted by Crippen LogP contribution is 2.29. The molecule has 0 spiro atoms. The van der Waals surface area contributed by atoms with E-state index in [0.29, 0.717) is 12.4 Å². The van der Waals surface area contributed by atoms with Crippen LogP contribution in [0.2, 0.25) is 0 Å². The Morgan fingerprint density at radius 3 is 3.00 bits per heavy atom. The number of aromatic nitrogens is 1. The number of nitrogens with two attached hydrogens (primary N) is 1. The average Bonchev–Trinajstić information content (AvgIpc) is 3.01. The Morgan fingerprint density at radius 1 is 1.57 bits per heavy atom. The van der Waals surface area contributed by atoms with Crippen molar-refractivity contribution in [3.63, 3.8) is 0 Å². The zero-order chi connectivity index (χ0) is 9.97. The van der Waals surface area contributed by atoms with Crippen molar-refractivity contribution in [3.05, 3.63) is 23.9 Å². The van der Waals surface area contributed by atoms with Gasteiger partial charge in [0.25, 0.3) is 0 Å². The normalized spacial score (nSPS) is 15.2. The van der Waals surface area contributed by atoms with E-state index in [2.05, 4.69) is 10.3 Å². The van der Waals surface area contributed by atoms with Crippen molar-refractivity contribution in [2.45, 2.75) is 19.4 Å². The van der Waals surface area contributed by atoms with E-state index in [-0.39, 0.29) is 11.8 Å². The molecule has 1 fully saturated rings. The van der Waals surface area contributed by atoms with Crippen LogP contribution in [0.3, 0.4) is 0 Å². The lowest BCUT2D eigenvalue weighted by Gasteiger charge is -2.04. The summed E-state index contributed by atoms with van der Waals surface area (Å²) in [4.78, 5) is 15.6. The van der Waals surface area contributed by atoms with Crippen LogP contribution in [0.5, 0.6) is 0 Å². The molecular formula is C10H13N3O. The van der Waals surface area contributed by atoms with Gasteiger partial charge < -0.3 is 11.1 Å². The van der Waals surface area contributed by atoms with Crippen LogP contribution in [0.4, 0.5) is 5.82 Å². The van der Waals surface area contributed by atoms with Gasteiger partial charge in [-0.2, -0.15) is 0 Å². The molecule has 0 saturated heterocycles. The van der Waals surface area contributed by atoms with E-state index in [9.17, 15) is 4.79 Å². The third-order valence-electron chi connectivity index (χ3n) is 2.22. The second-order valence-corrected chi connectivity index (χ2v) is 3.48. The van der Waals surface area contributed by atoms with Gasteiger partial charge in [0.05, 0.1) is 5.69 Å². The van der Waals surface area contributed by atoms with Crippen molar-refractivity contribution in [1.29, 1.82) is 0 Å². The summed E-state index contributed by atoms with van der Waals surface area (Å²) >= 11 is 0. The highest BCUT2D eigenvalue weighted by Gasteiger charge is 2.29. The van der Waals surface area contributed by atoms with Crippen LogP contribution in [-0.2, 0) is 11.3 Å². The topological polar surface area (TPSA) is 68.0 Å². The van der Waals surface area contributed by atoms with Crippen LogP contribution in [-0.4, -0.2) is 10.9 Å². The van der Waals surface area contributed by atoms with Gasteiger partial charge in [-0.25, -0.2) is 4.98 Å². The lowest BCUT2D eigenvalue weighted by Crippen LogP contribution is -2.15. The second-order valence-electron chi connectivity index (χ2n) is 3.48. The number of carbonyl (C=O) groups is 1. The van der Waals surface area contributed by atoms with Crippen molar-refractivity contribution in [3.8, 4) is 0 Å². The van der Waals surface area contributed by atoms with Crippen LogP contribution in [0.1, 0.15) is 18.5 Å². The predicted octanol–water partition coefficient (Wildman–Crippen LogP) is 0.889. The zero-order valence-electron chi connectivity index (χ0n) is 7.86. The summed E-state index contributed by atoms with van der Waals surface area (Å²) in [5, 5.41) is 2.77. The summed E-state index contributed by atoms with van der Waals surface area (Å²) in [7, 11) is 0. The van der Waals surface area contributed by atoms with Gasteiger partial charge in [-0.15, -0.1) is 0 Å². The lowest BCUT2D eigenvalue weighted by atomic mass is 10.3. The Morgan fingerprint density at radius 2 is 2.36 bits per heavy atom. The molecule has 3 N–H and O–H groups in total. The maximum atomic E-state index is 11.4. The van der Waals surface area contributed by atoms with Gasteiger partial charge in [0.15, 0.2) is 0 Å². The fourth-order valence-electron chi connectivity index (χ4n) is 1.24. The SMILES string of the molecule is NCc1cccc(NC(=O)C2CC2)n1. The van der Waals surface area contributed by atoms with Crippen molar-refractivity contribution >= 4 is 11.7 Å². The van der Waals surface area contributed by atoms with Crippen molar-refractivity contribution < 1.29 is 4.79 Å². The minimum Gasteiger partial charge on any atom is -0.325 e. The molecule has 0 aromatic carbocycles. The Kier molecular flexibility index (Phi) is 2.45. The summed E-state index contributed by atoms with van der Waals surface area (Å²) in [6, 6.07) is 5.46. The number of carbonyl (C=O) groups excluding carboxylic acids is 1. The third-order valence-corrected chi connectivity index (χ3v) is 2.22. The molecule has 1 heterocycles. The van der Waals surface area contributed by atoms with Crippen molar-refractivity contribution in [2.75, 3.05) is 5.32 Å². The molecule has 0 aliphatic heterocycles. The molecule has 1 aromatic heterocycles. The summed E-state index contributed by atoms with van der Waals surface area (Å²) in [5.41, 5.74) is 6.24. The van der Waals surface area contributed by atoms with Crippen LogP contribution in [0, 0.1) is 5.92 Å². The maximum absolute atomic E-state index is 11.4. The van der Waals surface area contributed by atoms with Crippen molar-refractivity contribution in [1.82, 2.24) is 4.98 Å². The molecule has 2 rings (SSSR count). The van der Waals surface area contributed by atoms with Crippen LogP contribution >= 0.6 is 0 Å². The zero-order valence-corrected chi connectivity index (χ0v) is 7.86. The van der Waals surface area contributed by atoms with E-state index in [4.69, 9.17) is 5.73 Å². The van der Waals surface area contributed by atoms with Gasteiger partial charge in [-0.05, 0) is 25.0 Å². The summed E-state index contributed by atoms with van der Waals surface area (Å²) in [6.45, 7) is 0.396. The van der Waals surface area contributed by atoms with Gasteiger partial charge in [0.1, 0.15) is 5.82 Å². The number of amides is 1. The molecule has 4 nitrogen and oxygen atoms in total. The van der Waals surface area contributed by atoms with Crippen LogP contribution < -0.4 is 11.1 Å². The molecule has 14 heavy (non-hydrogen) atoms. The first-order chi connectivity index (χ1) is 6.79.